The second kappa shape index (κ2) is 5.63. The van der Waals surface area contributed by atoms with E-state index < -0.39 is 11.2 Å². The van der Waals surface area contributed by atoms with Crippen molar-refractivity contribution < 1.29 is 0 Å². The van der Waals surface area contributed by atoms with E-state index in [0.717, 1.165) is 9.25 Å². The SMILES string of the molecule is Cn1c(=O)c2c(nc(Cl)n2Cn2nnc3ccccc3c2=O)n(C)c1=O. The molecule has 0 N–H and O–H groups in total. The Labute approximate surface area is 149 Å². The highest BCUT2D eigenvalue weighted by Crippen LogP contribution is 2.15. The van der Waals surface area contributed by atoms with Crippen LogP contribution in [0.15, 0.2) is 38.6 Å². The zero-order valence-electron chi connectivity index (χ0n) is 13.7. The first kappa shape index (κ1) is 16.2. The highest BCUT2D eigenvalue weighted by molar-refractivity contribution is 6.29. The Morgan fingerprint density at radius 1 is 1.04 bits per heavy atom. The predicted octanol–water partition coefficient (Wildman–Crippen LogP) is -0.302. The minimum atomic E-state index is -0.565. The number of fused-ring (bicyclic) bond motifs is 2. The van der Waals surface area contributed by atoms with Gasteiger partial charge in [-0.15, -0.1) is 5.10 Å². The summed E-state index contributed by atoms with van der Waals surface area (Å²) in [5, 5.41) is 8.24. The molecule has 0 unspecified atom stereocenters. The van der Waals surface area contributed by atoms with Crippen LogP contribution in [0.25, 0.3) is 22.1 Å². The van der Waals surface area contributed by atoms with Crippen LogP contribution >= 0.6 is 11.6 Å². The van der Waals surface area contributed by atoms with Crippen molar-refractivity contribution >= 4 is 33.7 Å². The van der Waals surface area contributed by atoms with E-state index in [4.69, 9.17) is 11.6 Å². The molecule has 0 spiro atoms. The molecule has 0 saturated carbocycles. The van der Waals surface area contributed by atoms with Gasteiger partial charge in [-0.3, -0.25) is 23.3 Å². The van der Waals surface area contributed by atoms with E-state index >= 15 is 0 Å². The summed E-state index contributed by atoms with van der Waals surface area (Å²) in [7, 11) is 2.84. The topological polar surface area (TPSA) is 110 Å². The number of rotatable bonds is 2. The van der Waals surface area contributed by atoms with Crippen LogP contribution in [0.3, 0.4) is 0 Å². The fraction of sp³-hybridized carbons (Fsp3) is 0.200. The Kier molecular flexibility index (Phi) is 3.51. The lowest BCUT2D eigenvalue weighted by Crippen LogP contribution is -2.38. The molecule has 0 radical (unpaired) electrons. The van der Waals surface area contributed by atoms with Crippen molar-refractivity contribution in [3.63, 3.8) is 0 Å². The quantitative estimate of drug-likeness (QED) is 0.446. The van der Waals surface area contributed by atoms with Crippen molar-refractivity contribution in [2.75, 3.05) is 0 Å². The van der Waals surface area contributed by atoms with E-state index in [2.05, 4.69) is 15.3 Å². The molecule has 1 aromatic carbocycles. The van der Waals surface area contributed by atoms with Gasteiger partial charge >= 0.3 is 5.69 Å². The van der Waals surface area contributed by atoms with Gasteiger partial charge in [0, 0.05) is 14.1 Å². The van der Waals surface area contributed by atoms with E-state index in [9.17, 15) is 14.4 Å². The molecule has 4 aromatic rings. The molecule has 0 aliphatic heterocycles. The molecule has 10 nitrogen and oxygen atoms in total. The molecule has 3 heterocycles. The van der Waals surface area contributed by atoms with Gasteiger partial charge in [0.1, 0.15) is 12.2 Å². The van der Waals surface area contributed by atoms with Crippen molar-refractivity contribution in [2.24, 2.45) is 14.1 Å². The number of hydrogen-bond acceptors (Lipinski definition) is 6. The first-order chi connectivity index (χ1) is 12.4. The minimum absolute atomic E-state index is 0.0415. The Morgan fingerprint density at radius 2 is 1.77 bits per heavy atom. The van der Waals surface area contributed by atoms with Crippen LogP contribution in [0.2, 0.25) is 5.28 Å². The van der Waals surface area contributed by atoms with E-state index in [1.165, 1.54) is 23.2 Å². The second-order valence-corrected chi connectivity index (χ2v) is 6.08. The first-order valence-electron chi connectivity index (χ1n) is 7.54. The molecule has 132 valence electrons. The smallest absolute Gasteiger partial charge is 0.288 e. The minimum Gasteiger partial charge on any atom is -0.288 e. The standard InChI is InChI=1S/C15H12ClN7O3/c1-20-11-10(13(25)21(2)15(20)26)22(14(16)17-11)7-23-12(24)8-5-3-4-6-9(8)18-19-23/h3-6H,7H2,1-2H3. The summed E-state index contributed by atoms with van der Waals surface area (Å²) < 4.78 is 4.57. The molecule has 0 atom stereocenters. The Hall–Kier alpha value is -3.27. The van der Waals surface area contributed by atoms with Gasteiger partial charge in [0.15, 0.2) is 11.2 Å². The van der Waals surface area contributed by atoms with E-state index in [0.29, 0.717) is 10.9 Å². The van der Waals surface area contributed by atoms with E-state index in [1.54, 1.807) is 24.3 Å². The Bertz CT molecular complexity index is 1360. The summed E-state index contributed by atoms with van der Waals surface area (Å²) in [6.45, 7) is -0.167. The largest absolute Gasteiger partial charge is 0.332 e. The summed E-state index contributed by atoms with van der Waals surface area (Å²) in [6.07, 6.45) is 0. The van der Waals surface area contributed by atoms with Crippen molar-refractivity contribution in [3.05, 3.63) is 60.7 Å². The number of imidazole rings is 1. The van der Waals surface area contributed by atoms with Crippen LogP contribution in [0.5, 0.6) is 0 Å². The summed E-state index contributed by atoms with van der Waals surface area (Å²) in [5.74, 6) is 0. The van der Waals surface area contributed by atoms with Crippen molar-refractivity contribution in [2.45, 2.75) is 6.67 Å². The summed E-state index contributed by atoms with van der Waals surface area (Å²) in [6, 6.07) is 6.80. The second-order valence-electron chi connectivity index (χ2n) is 5.74. The van der Waals surface area contributed by atoms with Gasteiger partial charge < -0.3 is 0 Å². The van der Waals surface area contributed by atoms with Gasteiger partial charge in [-0.25, -0.2) is 4.79 Å². The third-order valence-corrected chi connectivity index (χ3v) is 4.49. The van der Waals surface area contributed by atoms with Crippen molar-refractivity contribution in [1.29, 1.82) is 0 Å². The average molecular weight is 374 g/mol. The Balaban J connectivity index is 1.98. The summed E-state index contributed by atoms with van der Waals surface area (Å²) in [5.41, 5.74) is -0.772. The fourth-order valence-corrected chi connectivity index (χ4v) is 3.02. The van der Waals surface area contributed by atoms with Crippen LogP contribution in [0, 0.1) is 0 Å². The molecule has 11 heteroatoms. The molecule has 4 rings (SSSR count). The van der Waals surface area contributed by atoms with Crippen LogP contribution in [-0.2, 0) is 20.8 Å². The van der Waals surface area contributed by atoms with Crippen LogP contribution in [0.1, 0.15) is 0 Å². The van der Waals surface area contributed by atoms with Gasteiger partial charge in [-0.1, -0.05) is 17.3 Å². The monoisotopic (exact) mass is 373 g/mol. The zero-order valence-corrected chi connectivity index (χ0v) is 14.5. The fourth-order valence-electron chi connectivity index (χ4n) is 2.80. The molecule has 0 aliphatic rings. The van der Waals surface area contributed by atoms with Gasteiger partial charge in [-0.2, -0.15) is 9.67 Å². The molecule has 0 saturated heterocycles. The van der Waals surface area contributed by atoms with Crippen LogP contribution in [0.4, 0.5) is 0 Å². The average Bonchev–Trinajstić information content (AvgIpc) is 2.97. The molecule has 26 heavy (non-hydrogen) atoms. The predicted molar refractivity (Wildman–Crippen MR) is 94.4 cm³/mol. The summed E-state index contributed by atoms with van der Waals surface area (Å²) in [4.78, 5) is 41.3. The molecular formula is C15H12ClN7O3. The number of aromatic nitrogens is 7. The van der Waals surface area contributed by atoms with Gasteiger partial charge in [0.25, 0.3) is 11.1 Å². The third kappa shape index (κ3) is 2.19. The summed E-state index contributed by atoms with van der Waals surface area (Å²) >= 11 is 6.16. The van der Waals surface area contributed by atoms with E-state index in [-0.39, 0.29) is 28.7 Å². The van der Waals surface area contributed by atoms with E-state index in [1.807, 2.05) is 0 Å². The maximum absolute atomic E-state index is 12.6. The maximum atomic E-state index is 12.6. The number of aryl methyl sites for hydroxylation is 1. The number of halogens is 1. The lowest BCUT2D eigenvalue weighted by molar-refractivity contribution is 0.506. The van der Waals surface area contributed by atoms with Crippen LogP contribution < -0.4 is 16.8 Å². The molecule has 0 aliphatic carbocycles. The number of nitrogens with zero attached hydrogens (tertiary/aromatic N) is 7. The van der Waals surface area contributed by atoms with Crippen molar-refractivity contribution in [1.82, 2.24) is 33.7 Å². The molecular weight excluding hydrogens is 362 g/mol. The van der Waals surface area contributed by atoms with Gasteiger partial charge in [0.05, 0.1) is 5.39 Å². The van der Waals surface area contributed by atoms with Gasteiger partial charge in [-0.05, 0) is 23.7 Å². The lowest BCUT2D eigenvalue weighted by Gasteiger charge is -2.08. The Morgan fingerprint density at radius 3 is 2.54 bits per heavy atom. The first-order valence-corrected chi connectivity index (χ1v) is 7.92. The maximum Gasteiger partial charge on any atom is 0.332 e. The number of hydrogen-bond donors (Lipinski definition) is 0. The zero-order chi connectivity index (χ0) is 18.6. The highest BCUT2D eigenvalue weighted by atomic mass is 35.5. The highest BCUT2D eigenvalue weighted by Gasteiger charge is 2.19. The van der Waals surface area contributed by atoms with Crippen LogP contribution in [-0.4, -0.2) is 33.7 Å². The molecule has 0 bridgehead atoms. The lowest BCUT2D eigenvalue weighted by atomic mass is 10.2. The third-order valence-electron chi connectivity index (χ3n) is 4.21. The molecule has 3 aromatic heterocycles. The molecule has 0 amide bonds. The van der Waals surface area contributed by atoms with Crippen molar-refractivity contribution in [3.8, 4) is 0 Å². The number of benzene rings is 1. The normalized spacial score (nSPS) is 11.5. The van der Waals surface area contributed by atoms with Gasteiger partial charge in [0.2, 0.25) is 5.28 Å². The molecule has 0 fully saturated rings.